The average molecular weight is 310 g/mol. The van der Waals surface area contributed by atoms with Gasteiger partial charge in [0.1, 0.15) is 0 Å². The van der Waals surface area contributed by atoms with Crippen molar-refractivity contribution in [1.82, 2.24) is 10.2 Å². The van der Waals surface area contributed by atoms with Gasteiger partial charge < -0.3 is 14.2 Å². The smallest absolute Gasteiger partial charge is 0.203 e. The van der Waals surface area contributed by atoms with Crippen LogP contribution in [-0.2, 0) is 12.8 Å². The molecule has 3 aromatic rings. The predicted molar refractivity (Wildman–Crippen MR) is 88.6 cm³/mol. The van der Waals surface area contributed by atoms with E-state index >= 15 is 0 Å². The summed E-state index contributed by atoms with van der Waals surface area (Å²) in [6.45, 7) is 0. The summed E-state index contributed by atoms with van der Waals surface area (Å²) in [4.78, 5) is 0. The van der Waals surface area contributed by atoms with Crippen LogP contribution in [0.3, 0.4) is 0 Å². The predicted octanol–water partition coefficient (Wildman–Crippen LogP) is 3.35. The molecule has 0 atom stereocenters. The molecule has 0 saturated heterocycles. The number of methoxy groups -OCH3 is 3. The number of hydrogen-bond acceptors (Lipinski definition) is 4. The highest BCUT2D eigenvalue weighted by Crippen LogP contribution is 2.46. The molecular weight excluding hydrogens is 292 g/mol. The standard InChI is InChI=1S/C18H18N2O3/c1-21-15-8-14-11-5-4-10-9-19-20-16(10)12(11)6-7-13(14)17(22-2)18(15)23-3/h6-9H,4-5H2,1-3H3,(H,19,20). The highest BCUT2D eigenvalue weighted by Gasteiger charge is 2.23. The van der Waals surface area contributed by atoms with Gasteiger partial charge in [-0.2, -0.15) is 5.10 Å². The molecular formula is C18H18N2O3. The van der Waals surface area contributed by atoms with Crippen molar-refractivity contribution in [2.45, 2.75) is 12.8 Å². The van der Waals surface area contributed by atoms with Crippen LogP contribution in [-0.4, -0.2) is 31.5 Å². The molecule has 1 aliphatic carbocycles. The Morgan fingerprint density at radius 1 is 0.957 bits per heavy atom. The van der Waals surface area contributed by atoms with Gasteiger partial charge in [-0.05, 0) is 41.5 Å². The van der Waals surface area contributed by atoms with Crippen LogP contribution in [0.15, 0.2) is 24.4 Å². The number of aromatic nitrogens is 2. The second-order valence-corrected chi connectivity index (χ2v) is 5.60. The summed E-state index contributed by atoms with van der Waals surface area (Å²) in [5.74, 6) is 2.02. The number of nitrogens with zero attached hydrogens (tertiary/aromatic N) is 1. The van der Waals surface area contributed by atoms with E-state index in [2.05, 4.69) is 22.3 Å². The van der Waals surface area contributed by atoms with Crippen molar-refractivity contribution < 1.29 is 14.2 Å². The summed E-state index contributed by atoms with van der Waals surface area (Å²) in [5.41, 5.74) is 4.87. The first-order valence-corrected chi connectivity index (χ1v) is 7.55. The fourth-order valence-electron chi connectivity index (χ4n) is 3.50. The number of aryl methyl sites for hydroxylation is 2. The van der Waals surface area contributed by atoms with Crippen molar-refractivity contribution in [1.29, 1.82) is 0 Å². The highest BCUT2D eigenvalue weighted by molar-refractivity contribution is 5.99. The summed E-state index contributed by atoms with van der Waals surface area (Å²) in [6, 6.07) is 6.24. The molecule has 0 spiro atoms. The van der Waals surface area contributed by atoms with Crippen LogP contribution in [0.1, 0.15) is 11.1 Å². The number of H-pyrrole nitrogens is 1. The first-order valence-electron chi connectivity index (χ1n) is 7.55. The van der Waals surface area contributed by atoms with Crippen molar-refractivity contribution in [3.05, 3.63) is 35.5 Å². The summed E-state index contributed by atoms with van der Waals surface area (Å²) in [7, 11) is 4.93. The molecule has 0 aliphatic heterocycles. The van der Waals surface area contributed by atoms with Crippen LogP contribution < -0.4 is 14.2 Å². The Kier molecular flexibility index (Phi) is 3.15. The minimum absolute atomic E-state index is 0.625. The maximum absolute atomic E-state index is 5.61. The Hall–Kier alpha value is -2.69. The van der Waals surface area contributed by atoms with Crippen molar-refractivity contribution >= 4 is 10.8 Å². The fourth-order valence-corrected chi connectivity index (χ4v) is 3.50. The molecule has 1 N–H and O–H groups in total. The van der Waals surface area contributed by atoms with E-state index in [-0.39, 0.29) is 0 Å². The number of fused-ring (bicyclic) bond motifs is 5. The van der Waals surface area contributed by atoms with Gasteiger partial charge in [0.15, 0.2) is 11.5 Å². The van der Waals surface area contributed by atoms with Crippen molar-refractivity contribution in [3.8, 4) is 28.5 Å². The third-order valence-corrected chi connectivity index (χ3v) is 4.57. The van der Waals surface area contributed by atoms with Gasteiger partial charge in [0.05, 0.1) is 33.2 Å². The summed E-state index contributed by atoms with van der Waals surface area (Å²) >= 11 is 0. The molecule has 2 aromatic carbocycles. The molecule has 0 bridgehead atoms. The molecule has 0 amide bonds. The normalized spacial score (nSPS) is 12.7. The van der Waals surface area contributed by atoms with Crippen LogP contribution in [0.5, 0.6) is 17.2 Å². The van der Waals surface area contributed by atoms with E-state index in [0.717, 1.165) is 29.3 Å². The van der Waals surface area contributed by atoms with Crippen LogP contribution in [0, 0.1) is 0 Å². The van der Waals surface area contributed by atoms with E-state index in [0.29, 0.717) is 17.2 Å². The second kappa shape index (κ2) is 5.19. The number of nitrogens with one attached hydrogen (secondary N) is 1. The minimum atomic E-state index is 0.625. The van der Waals surface area contributed by atoms with Crippen molar-refractivity contribution in [2.24, 2.45) is 0 Å². The number of rotatable bonds is 3. The lowest BCUT2D eigenvalue weighted by atomic mass is 9.86. The lowest BCUT2D eigenvalue weighted by Gasteiger charge is -2.21. The molecule has 4 rings (SSSR count). The highest BCUT2D eigenvalue weighted by atomic mass is 16.5. The quantitative estimate of drug-likeness (QED) is 0.806. The zero-order valence-electron chi connectivity index (χ0n) is 13.4. The average Bonchev–Trinajstić information content (AvgIpc) is 3.08. The Balaban J connectivity index is 2.08. The number of benzene rings is 2. The lowest BCUT2D eigenvalue weighted by Crippen LogP contribution is -2.04. The monoisotopic (exact) mass is 310 g/mol. The zero-order valence-corrected chi connectivity index (χ0v) is 13.4. The molecule has 5 heteroatoms. The largest absolute Gasteiger partial charge is 0.493 e. The Morgan fingerprint density at radius 2 is 1.78 bits per heavy atom. The van der Waals surface area contributed by atoms with E-state index in [1.165, 1.54) is 16.7 Å². The van der Waals surface area contributed by atoms with E-state index in [1.54, 1.807) is 21.3 Å². The Labute approximate surface area is 134 Å². The van der Waals surface area contributed by atoms with Gasteiger partial charge in [-0.1, -0.05) is 6.07 Å². The first-order chi connectivity index (χ1) is 11.3. The van der Waals surface area contributed by atoms with E-state index in [1.807, 2.05) is 12.3 Å². The van der Waals surface area contributed by atoms with Crippen LogP contribution >= 0.6 is 0 Å². The molecule has 1 heterocycles. The Bertz CT molecular complexity index is 899. The molecule has 0 radical (unpaired) electrons. The summed E-state index contributed by atoms with van der Waals surface area (Å²) in [5, 5.41) is 9.47. The SMILES string of the molecule is COc1cc2c3c(ccc2c(OC)c1OC)-c1[nH]ncc1CC3. The third kappa shape index (κ3) is 1.89. The van der Waals surface area contributed by atoms with Gasteiger partial charge in [0.25, 0.3) is 0 Å². The van der Waals surface area contributed by atoms with E-state index in [4.69, 9.17) is 14.2 Å². The third-order valence-electron chi connectivity index (χ3n) is 4.57. The number of aromatic amines is 1. The van der Waals surface area contributed by atoms with Crippen LogP contribution in [0.4, 0.5) is 0 Å². The van der Waals surface area contributed by atoms with E-state index in [9.17, 15) is 0 Å². The Morgan fingerprint density at radius 3 is 2.52 bits per heavy atom. The molecule has 1 aliphatic rings. The minimum Gasteiger partial charge on any atom is -0.493 e. The molecule has 118 valence electrons. The summed E-state index contributed by atoms with van der Waals surface area (Å²) < 4.78 is 16.6. The van der Waals surface area contributed by atoms with E-state index < -0.39 is 0 Å². The number of hydrogen-bond donors (Lipinski definition) is 1. The summed E-state index contributed by atoms with van der Waals surface area (Å²) in [6.07, 6.45) is 3.87. The van der Waals surface area contributed by atoms with Gasteiger partial charge in [0.2, 0.25) is 5.75 Å². The molecule has 0 saturated carbocycles. The van der Waals surface area contributed by atoms with Crippen molar-refractivity contribution in [2.75, 3.05) is 21.3 Å². The van der Waals surface area contributed by atoms with Crippen LogP contribution in [0.25, 0.3) is 22.0 Å². The van der Waals surface area contributed by atoms with Gasteiger partial charge in [0, 0.05) is 10.9 Å². The fraction of sp³-hybridized carbons (Fsp3) is 0.278. The van der Waals surface area contributed by atoms with Gasteiger partial charge in [-0.25, -0.2) is 0 Å². The topological polar surface area (TPSA) is 56.4 Å². The maximum Gasteiger partial charge on any atom is 0.203 e. The number of ether oxygens (including phenoxy) is 3. The zero-order chi connectivity index (χ0) is 16.0. The van der Waals surface area contributed by atoms with Gasteiger partial charge >= 0.3 is 0 Å². The molecule has 0 fully saturated rings. The van der Waals surface area contributed by atoms with Crippen molar-refractivity contribution in [3.63, 3.8) is 0 Å². The molecule has 1 aromatic heterocycles. The maximum atomic E-state index is 5.61. The van der Waals surface area contributed by atoms with Gasteiger partial charge in [-0.3, -0.25) is 5.10 Å². The molecule has 0 unspecified atom stereocenters. The molecule has 23 heavy (non-hydrogen) atoms. The molecule has 5 nitrogen and oxygen atoms in total. The lowest BCUT2D eigenvalue weighted by molar-refractivity contribution is 0.327. The second-order valence-electron chi connectivity index (χ2n) is 5.60. The first kappa shape index (κ1) is 13.9. The van der Waals surface area contributed by atoms with Crippen LogP contribution in [0.2, 0.25) is 0 Å². The van der Waals surface area contributed by atoms with Gasteiger partial charge in [-0.15, -0.1) is 0 Å².